The molecular weight excluding hydrogens is 514 g/mol. The van der Waals surface area contributed by atoms with Gasteiger partial charge in [-0.1, -0.05) is 25.1 Å². The van der Waals surface area contributed by atoms with Gasteiger partial charge in [0.15, 0.2) is 11.4 Å². The normalized spacial score (nSPS) is 27.9. The van der Waals surface area contributed by atoms with Crippen molar-refractivity contribution in [3.63, 3.8) is 0 Å². The standard InChI is InChI=1S/C30H33N3O7/c1-13-17-12-18-24(33(4)5)26(36)23(29(31)39)28(38)30(18,40)27(37)21(17)25(35)22-19(34)11-10-16(20(13)22)14-6-8-15(9-7-14)32(2)3/h6-11,13,17-18,24,34-35,38,40H,12H2,1-5H3,(H2,31,39)/t13-,17-,18+,24+,30+/m1/s1. The van der Waals surface area contributed by atoms with Gasteiger partial charge in [-0.25, -0.2) is 0 Å². The molecule has 2 aromatic rings. The molecule has 0 bridgehead atoms. The number of aliphatic hydroxyl groups excluding tert-OH is 2. The fourth-order valence-electron chi connectivity index (χ4n) is 6.81. The van der Waals surface area contributed by atoms with Gasteiger partial charge in [0, 0.05) is 31.3 Å². The van der Waals surface area contributed by atoms with E-state index in [0.717, 1.165) is 16.8 Å². The molecule has 0 unspecified atom stereocenters. The number of carbonyl (C=O) groups excluding carboxylic acids is 3. The van der Waals surface area contributed by atoms with Crippen LogP contribution in [0, 0.1) is 11.8 Å². The van der Waals surface area contributed by atoms with Crippen molar-refractivity contribution in [3.8, 4) is 16.9 Å². The van der Waals surface area contributed by atoms with Crippen LogP contribution in [0.4, 0.5) is 5.69 Å². The molecule has 10 nitrogen and oxygen atoms in total. The number of hydrogen-bond donors (Lipinski definition) is 5. The second kappa shape index (κ2) is 9.21. The molecule has 1 fully saturated rings. The molecule has 3 aliphatic rings. The number of hydrogen-bond acceptors (Lipinski definition) is 9. The Balaban J connectivity index is 1.75. The van der Waals surface area contributed by atoms with Gasteiger partial charge in [-0.2, -0.15) is 0 Å². The molecule has 10 heteroatoms. The van der Waals surface area contributed by atoms with Crippen LogP contribution in [-0.4, -0.2) is 82.6 Å². The van der Waals surface area contributed by atoms with Gasteiger partial charge in [0.1, 0.15) is 22.8 Å². The van der Waals surface area contributed by atoms with Crippen molar-refractivity contribution in [2.75, 3.05) is 33.1 Å². The highest BCUT2D eigenvalue weighted by Gasteiger charge is 2.64. The Hall–Kier alpha value is -4.15. The number of primary amides is 1. The Morgan fingerprint density at radius 2 is 1.62 bits per heavy atom. The molecule has 5 atom stereocenters. The molecule has 0 radical (unpaired) electrons. The quantitative estimate of drug-likeness (QED) is 0.361. The second-order valence-electron chi connectivity index (χ2n) is 11.3. The van der Waals surface area contributed by atoms with Gasteiger partial charge in [-0.15, -0.1) is 0 Å². The summed E-state index contributed by atoms with van der Waals surface area (Å²) < 4.78 is 0. The minimum absolute atomic E-state index is 0.0294. The fraction of sp³-hybridized carbons (Fsp3) is 0.367. The maximum atomic E-state index is 14.1. The third kappa shape index (κ3) is 3.59. The molecular formula is C30H33N3O7. The smallest absolute Gasteiger partial charge is 0.255 e. The van der Waals surface area contributed by atoms with Gasteiger partial charge >= 0.3 is 0 Å². The molecule has 1 amide bonds. The van der Waals surface area contributed by atoms with Crippen LogP contribution in [0.3, 0.4) is 0 Å². The average molecular weight is 548 g/mol. The number of amides is 1. The molecule has 1 saturated carbocycles. The van der Waals surface area contributed by atoms with E-state index >= 15 is 0 Å². The van der Waals surface area contributed by atoms with E-state index in [1.54, 1.807) is 20.2 Å². The first-order valence-electron chi connectivity index (χ1n) is 13.0. The molecule has 3 aliphatic carbocycles. The first kappa shape index (κ1) is 27.4. The average Bonchev–Trinajstić information content (AvgIpc) is 2.88. The molecule has 0 aliphatic heterocycles. The highest BCUT2D eigenvalue weighted by atomic mass is 16.3. The Bertz CT molecular complexity index is 1520. The van der Waals surface area contributed by atoms with Crippen LogP contribution in [0.25, 0.3) is 16.9 Å². The molecule has 0 saturated heterocycles. The number of likely N-dealkylation sites (N-methyl/N-ethyl adjacent to an activating group) is 1. The Kier molecular flexibility index (Phi) is 6.31. The minimum atomic E-state index is -2.67. The monoisotopic (exact) mass is 547 g/mol. The number of ketones is 2. The second-order valence-corrected chi connectivity index (χ2v) is 11.3. The molecule has 5 rings (SSSR count). The number of carbonyl (C=O) groups is 3. The van der Waals surface area contributed by atoms with Gasteiger partial charge in [-0.3, -0.25) is 19.3 Å². The maximum absolute atomic E-state index is 14.1. The van der Waals surface area contributed by atoms with Gasteiger partial charge in [-0.05, 0) is 67.2 Å². The third-order valence-electron chi connectivity index (χ3n) is 8.77. The number of anilines is 1. The lowest BCUT2D eigenvalue weighted by molar-refractivity contribution is -0.154. The van der Waals surface area contributed by atoms with Crippen LogP contribution < -0.4 is 10.6 Å². The van der Waals surface area contributed by atoms with Crippen LogP contribution >= 0.6 is 0 Å². The van der Waals surface area contributed by atoms with E-state index in [2.05, 4.69) is 0 Å². The Morgan fingerprint density at radius 1 is 1.00 bits per heavy atom. The highest BCUT2D eigenvalue weighted by Crippen LogP contribution is 2.57. The lowest BCUT2D eigenvalue weighted by atomic mass is 9.55. The van der Waals surface area contributed by atoms with Crippen LogP contribution in [0.5, 0.6) is 5.75 Å². The fourth-order valence-corrected chi connectivity index (χ4v) is 6.81. The summed E-state index contributed by atoms with van der Waals surface area (Å²) in [5, 5.41) is 45.2. The lowest BCUT2D eigenvalue weighted by Crippen LogP contribution is -2.65. The topological polar surface area (TPSA) is 165 Å². The number of phenols is 1. The zero-order valence-corrected chi connectivity index (χ0v) is 23.0. The number of aromatic hydroxyl groups is 1. The van der Waals surface area contributed by atoms with E-state index in [9.17, 15) is 34.8 Å². The summed E-state index contributed by atoms with van der Waals surface area (Å²) in [5.74, 6) is -7.16. The van der Waals surface area contributed by atoms with Crippen molar-refractivity contribution in [2.45, 2.75) is 30.9 Å². The first-order valence-corrected chi connectivity index (χ1v) is 13.0. The molecule has 210 valence electrons. The van der Waals surface area contributed by atoms with Gasteiger partial charge in [0.25, 0.3) is 5.91 Å². The van der Waals surface area contributed by atoms with Crippen LogP contribution in [-0.2, 0) is 14.4 Å². The van der Waals surface area contributed by atoms with E-state index in [0.29, 0.717) is 5.56 Å². The van der Waals surface area contributed by atoms with Gasteiger partial charge in [0.2, 0.25) is 5.78 Å². The SMILES string of the molecule is C[C@H]1c2c(-c3ccc(N(C)C)cc3)ccc(O)c2C(O)=C2C(=O)[C@]3(O)C(O)=C(C(N)=O)C(=O)[C@@H](N(C)C)[C@@H]3C[C@@H]21. The van der Waals surface area contributed by atoms with Crippen molar-refractivity contribution >= 4 is 28.9 Å². The summed E-state index contributed by atoms with van der Waals surface area (Å²) in [6.45, 7) is 1.87. The Labute approximate surface area is 231 Å². The van der Waals surface area contributed by atoms with Crippen LogP contribution in [0.2, 0.25) is 0 Å². The highest BCUT2D eigenvalue weighted by molar-refractivity contribution is 6.24. The van der Waals surface area contributed by atoms with Gasteiger partial charge < -0.3 is 31.1 Å². The van der Waals surface area contributed by atoms with Crippen molar-refractivity contribution in [1.82, 2.24) is 4.90 Å². The number of Topliss-reactive ketones (excluding diaryl/α,β-unsaturated/α-hetero) is 2. The molecule has 2 aromatic carbocycles. The number of fused-ring (bicyclic) bond motifs is 3. The number of rotatable bonds is 4. The van der Waals surface area contributed by atoms with Crippen LogP contribution in [0.15, 0.2) is 53.3 Å². The molecule has 0 aromatic heterocycles. The number of aliphatic hydroxyl groups is 3. The molecule has 0 heterocycles. The summed E-state index contributed by atoms with van der Waals surface area (Å²) >= 11 is 0. The molecule has 6 N–H and O–H groups in total. The van der Waals surface area contributed by atoms with E-state index in [1.165, 1.54) is 11.0 Å². The number of benzene rings is 2. The van der Waals surface area contributed by atoms with Crippen molar-refractivity contribution in [3.05, 3.63) is 64.4 Å². The summed E-state index contributed by atoms with van der Waals surface area (Å²) in [5.41, 5.74) is 5.00. The lowest BCUT2D eigenvalue weighted by Gasteiger charge is -2.51. The van der Waals surface area contributed by atoms with E-state index in [4.69, 9.17) is 5.73 Å². The minimum Gasteiger partial charge on any atom is -0.508 e. The van der Waals surface area contributed by atoms with E-state index in [-0.39, 0.29) is 23.3 Å². The summed E-state index contributed by atoms with van der Waals surface area (Å²) in [6, 6.07) is 9.84. The zero-order chi connectivity index (χ0) is 29.4. The summed E-state index contributed by atoms with van der Waals surface area (Å²) in [7, 11) is 7.01. The van der Waals surface area contributed by atoms with Crippen LogP contribution in [0.1, 0.15) is 30.4 Å². The largest absolute Gasteiger partial charge is 0.508 e. The van der Waals surface area contributed by atoms with Crippen molar-refractivity contribution in [2.24, 2.45) is 17.6 Å². The Morgan fingerprint density at radius 3 is 2.17 bits per heavy atom. The van der Waals surface area contributed by atoms with Crippen molar-refractivity contribution < 1.29 is 34.8 Å². The predicted molar refractivity (Wildman–Crippen MR) is 149 cm³/mol. The van der Waals surface area contributed by atoms with E-state index in [1.807, 2.05) is 50.2 Å². The number of nitrogens with two attached hydrogens (primary N) is 1. The van der Waals surface area contributed by atoms with Crippen molar-refractivity contribution in [1.29, 1.82) is 0 Å². The van der Waals surface area contributed by atoms with Gasteiger partial charge in [0.05, 0.1) is 11.6 Å². The summed E-state index contributed by atoms with van der Waals surface area (Å²) in [4.78, 5) is 43.0. The maximum Gasteiger partial charge on any atom is 0.255 e. The van der Waals surface area contributed by atoms with E-state index < -0.39 is 64.0 Å². The summed E-state index contributed by atoms with van der Waals surface area (Å²) in [6.07, 6.45) is 0.0294. The zero-order valence-electron chi connectivity index (χ0n) is 23.0. The number of phenolic OH excluding ortho intramolecular Hbond substituents is 1. The molecule has 0 spiro atoms. The predicted octanol–water partition coefficient (Wildman–Crippen LogP) is 2.26. The first-order chi connectivity index (χ1) is 18.7. The molecule has 40 heavy (non-hydrogen) atoms. The third-order valence-corrected chi connectivity index (χ3v) is 8.77. The number of nitrogens with zero attached hydrogens (tertiary/aromatic N) is 2.